The molecule has 2 saturated carbocycles. The van der Waals surface area contributed by atoms with E-state index < -0.39 is 0 Å². The average Bonchev–Trinajstić information content (AvgIpc) is 3.04. The van der Waals surface area contributed by atoms with E-state index in [-0.39, 0.29) is 0 Å². The Hall–Kier alpha value is -0.370. The van der Waals surface area contributed by atoms with Gasteiger partial charge in [0.15, 0.2) is 0 Å². The number of halogens is 1. The second-order valence-corrected chi connectivity index (χ2v) is 6.44. The first-order chi connectivity index (χ1) is 7.86. The van der Waals surface area contributed by atoms with Gasteiger partial charge in [-0.15, -0.1) is 0 Å². The number of rotatable bonds is 3. The molecule has 0 saturated heterocycles. The average molecular weight is 280 g/mol. The van der Waals surface area contributed by atoms with Crippen LogP contribution in [0.2, 0.25) is 0 Å². The van der Waals surface area contributed by atoms with Crippen molar-refractivity contribution in [3.63, 3.8) is 0 Å². The van der Waals surface area contributed by atoms with E-state index >= 15 is 0 Å². The van der Waals surface area contributed by atoms with Gasteiger partial charge in [-0.2, -0.15) is 0 Å². The van der Waals surface area contributed by atoms with Gasteiger partial charge in [-0.3, -0.25) is 4.98 Å². The van der Waals surface area contributed by atoms with E-state index in [1.165, 1.54) is 37.7 Å². The Morgan fingerprint density at radius 3 is 2.44 bits per heavy atom. The minimum atomic E-state index is 0.683. The lowest BCUT2D eigenvalue weighted by Gasteiger charge is -2.09. The third-order valence-electron chi connectivity index (χ3n) is 4.32. The zero-order chi connectivity index (χ0) is 11.0. The molecular weight excluding hydrogens is 262 g/mol. The molecule has 1 aromatic rings. The smallest absolute Gasteiger partial charge is 0.0270 e. The van der Waals surface area contributed by atoms with Crippen LogP contribution in [-0.4, -0.2) is 9.81 Å². The maximum atomic E-state index is 4.07. The molecule has 2 aliphatic carbocycles. The summed E-state index contributed by atoms with van der Waals surface area (Å²) in [5, 5.41) is 0. The molecule has 0 bridgehead atoms. The minimum absolute atomic E-state index is 0.683. The summed E-state index contributed by atoms with van der Waals surface area (Å²) in [7, 11) is 0. The Labute approximate surface area is 106 Å². The number of pyridine rings is 1. The molecule has 86 valence electrons. The van der Waals surface area contributed by atoms with Crippen LogP contribution in [-0.2, 0) is 6.42 Å². The topological polar surface area (TPSA) is 12.9 Å². The quantitative estimate of drug-likeness (QED) is 0.767. The van der Waals surface area contributed by atoms with Crippen molar-refractivity contribution in [3.8, 4) is 0 Å². The lowest BCUT2D eigenvalue weighted by atomic mass is 10.0. The fraction of sp³-hybridized carbons (Fsp3) is 0.643. The molecule has 0 spiro atoms. The first kappa shape index (κ1) is 10.8. The van der Waals surface area contributed by atoms with E-state index in [9.17, 15) is 0 Å². The van der Waals surface area contributed by atoms with Crippen molar-refractivity contribution in [3.05, 3.63) is 30.1 Å². The van der Waals surface area contributed by atoms with Gasteiger partial charge in [0.1, 0.15) is 0 Å². The zero-order valence-corrected chi connectivity index (χ0v) is 11.1. The Balaban J connectivity index is 1.60. The lowest BCUT2D eigenvalue weighted by Crippen LogP contribution is -2.07. The molecule has 2 aliphatic rings. The van der Waals surface area contributed by atoms with Crippen LogP contribution in [0.3, 0.4) is 0 Å². The second kappa shape index (κ2) is 4.48. The van der Waals surface area contributed by atoms with Gasteiger partial charge in [0.2, 0.25) is 0 Å². The van der Waals surface area contributed by atoms with Crippen molar-refractivity contribution in [1.82, 2.24) is 4.98 Å². The van der Waals surface area contributed by atoms with Crippen LogP contribution < -0.4 is 0 Å². The number of hydrogen-bond donors (Lipinski definition) is 0. The predicted octanol–water partition coefficient (Wildman–Crippen LogP) is 3.82. The van der Waals surface area contributed by atoms with Crippen molar-refractivity contribution >= 4 is 15.9 Å². The van der Waals surface area contributed by atoms with Crippen LogP contribution in [0.25, 0.3) is 0 Å². The van der Waals surface area contributed by atoms with E-state index in [1.807, 2.05) is 12.4 Å². The summed E-state index contributed by atoms with van der Waals surface area (Å²) in [5.41, 5.74) is 1.42. The van der Waals surface area contributed by atoms with E-state index in [2.05, 4.69) is 33.0 Å². The van der Waals surface area contributed by atoms with Crippen LogP contribution in [0.1, 0.15) is 31.2 Å². The summed E-state index contributed by atoms with van der Waals surface area (Å²) in [4.78, 5) is 4.75. The van der Waals surface area contributed by atoms with E-state index in [0.717, 1.165) is 17.8 Å². The van der Waals surface area contributed by atoms with Gasteiger partial charge in [0.05, 0.1) is 0 Å². The molecular formula is C14H18BrN. The minimum Gasteiger partial charge on any atom is -0.265 e. The third kappa shape index (κ3) is 2.04. The van der Waals surface area contributed by atoms with Crippen molar-refractivity contribution in [2.24, 2.45) is 17.8 Å². The van der Waals surface area contributed by atoms with Crippen molar-refractivity contribution in [2.75, 3.05) is 0 Å². The van der Waals surface area contributed by atoms with Gasteiger partial charge in [-0.1, -0.05) is 28.8 Å². The Morgan fingerprint density at radius 2 is 1.81 bits per heavy atom. The number of hydrogen-bond acceptors (Lipinski definition) is 1. The monoisotopic (exact) mass is 279 g/mol. The summed E-state index contributed by atoms with van der Waals surface area (Å²) < 4.78 is 0. The second-order valence-electron chi connectivity index (χ2n) is 5.27. The van der Waals surface area contributed by atoms with E-state index in [0.29, 0.717) is 4.83 Å². The molecule has 2 heteroatoms. The summed E-state index contributed by atoms with van der Waals surface area (Å²) in [6.07, 6.45) is 10.9. The van der Waals surface area contributed by atoms with E-state index in [4.69, 9.17) is 0 Å². The molecule has 0 aromatic carbocycles. The molecule has 0 amide bonds. The first-order valence-electron chi connectivity index (χ1n) is 6.39. The molecule has 0 radical (unpaired) electrons. The highest BCUT2D eigenvalue weighted by molar-refractivity contribution is 9.09. The molecule has 2 fully saturated rings. The Bertz CT molecular complexity index is 339. The van der Waals surface area contributed by atoms with Gasteiger partial charge >= 0.3 is 0 Å². The molecule has 3 unspecified atom stereocenters. The van der Waals surface area contributed by atoms with Crippen LogP contribution in [0.4, 0.5) is 0 Å². The highest BCUT2D eigenvalue weighted by Crippen LogP contribution is 2.58. The number of aromatic nitrogens is 1. The van der Waals surface area contributed by atoms with Crippen molar-refractivity contribution in [1.29, 1.82) is 0 Å². The molecule has 1 heterocycles. The fourth-order valence-electron chi connectivity index (χ4n) is 3.46. The molecule has 3 rings (SSSR count). The molecule has 1 nitrogen and oxygen atoms in total. The largest absolute Gasteiger partial charge is 0.265 e. The van der Waals surface area contributed by atoms with Crippen LogP contribution in [0, 0.1) is 17.8 Å². The Kier molecular flexibility index (Phi) is 3.01. The molecule has 1 aromatic heterocycles. The summed E-state index contributed by atoms with van der Waals surface area (Å²) in [6.45, 7) is 0. The highest BCUT2D eigenvalue weighted by atomic mass is 79.9. The maximum absolute atomic E-state index is 4.07. The summed E-state index contributed by atoms with van der Waals surface area (Å²) >= 11 is 3.91. The molecule has 16 heavy (non-hydrogen) atoms. The zero-order valence-electron chi connectivity index (χ0n) is 9.48. The lowest BCUT2D eigenvalue weighted by molar-refractivity contribution is 0.480. The molecule has 0 aliphatic heterocycles. The van der Waals surface area contributed by atoms with Gasteiger partial charge in [-0.05, 0) is 54.7 Å². The van der Waals surface area contributed by atoms with Crippen molar-refractivity contribution < 1.29 is 0 Å². The summed E-state index contributed by atoms with van der Waals surface area (Å²) in [6, 6.07) is 4.28. The van der Waals surface area contributed by atoms with Crippen LogP contribution in [0.5, 0.6) is 0 Å². The first-order valence-corrected chi connectivity index (χ1v) is 7.31. The molecule has 3 atom stereocenters. The van der Waals surface area contributed by atoms with Gasteiger partial charge in [-0.25, -0.2) is 0 Å². The molecule has 0 N–H and O–H groups in total. The number of alkyl halides is 1. The van der Waals surface area contributed by atoms with Gasteiger partial charge < -0.3 is 0 Å². The standard InChI is InChI=1S/C14H18BrN/c15-13(9-10-5-7-16-8-6-10)14-11-3-1-2-4-12(11)14/h5-8,11-14H,1-4,9H2. The SMILES string of the molecule is BrC(Cc1ccncc1)C1C2CCCCC21. The summed E-state index contributed by atoms with van der Waals surface area (Å²) in [5.74, 6) is 3.04. The van der Waals surface area contributed by atoms with Crippen LogP contribution >= 0.6 is 15.9 Å². The highest BCUT2D eigenvalue weighted by Gasteiger charge is 2.53. The van der Waals surface area contributed by atoms with Gasteiger partial charge in [0, 0.05) is 17.2 Å². The van der Waals surface area contributed by atoms with Crippen LogP contribution in [0.15, 0.2) is 24.5 Å². The Morgan fingerprint density at radius 1 is 1.19 bits per heavy atom. The fourth-order valence-corrected chi connectivity index (χ4v) is 4.62. The van der Waals surface area contributed by atoms with Crippen molar-refractivity contribution in [2.45, 2.75) is 36.9 Å². The predicted molar refractivity (Wildman–Crippen MR) is 69.6 cm³/mol. The number of nitrogens with zero attached hydrogens (tertiary/aromatic N) is 1. The number of fused-ring (bicyclic) bond motifs is 1. The van der Waals surface area contributed by atoms with E-state index in [1.54, 1.807) is 0 Å². The van der Waals surface area contributed by atoms with Gasteiger partial charge in [0.25, 0.3) is 0 Å². The third-order valence-corrected chi connectivity index (χ3v) is 5.25. The normalized spacial score (nSPS) is 34.2. The maximum Gasteiger partial charge on any atom is 0.0270 e.